The van der Waals surface area contributed by atoms with E-state index in [2.05, 4.69) is 0 Å². The van der Waals surface area contributed by atoms with Crippen LogP contribution >= 0.6 is 12.4 Å². The first kappa shape index (κ1) is 19.4. The van der Waals surface area contributed by atoms with Gasteiger partial charge in [-0.2, -0.15) is 0 Å². The molecule has 1 aliphatic heterocycles. The molecule has 7 heteroatoms. The smallest absolute Gasteiger partial charge is 0.216 e. The summed E-state index contributed by atoms with van der Waals surface area (Å²) in [5, 5.41) is 0. The summed E-state index contributed by atoms with van der Waals surface area (Å²) in [6, 6.07) is 10.0. The van der Waals surface area contributed by atoms with E-state index in [0.29, 0.717) is 19.6 Å². The molecule has 1 heterocycles. The summed E-state index contributed by atoms with van der Waals surface area (Å²) in [5.41, 5.74) is 7.01. The third-order valence-corrected chi connectivity index (χ3v) is 6.15. The Hall–Kier alpha value is -0.660. The first-order chi connectivity index (χ1) is 9.97. The van der Waals surface area contributed by atoms with E-state index in [1.54, 1.807) is 11.2 Å². The van der Waals surface area contributed by atoms with Crippen molar-refractivity contribution >= 4 is 22.4 Å². The molecule has 1 aromatic carbocycles. The molecule has 0 spiro atoms. The SMILES string of the molecule is COC(C)CS(=O)(=O)N1C[C@@H](CN)[C@H](c2ccccc2)C1.Cl. The lowest BCUT2D eigenvalue weighted by molar-refractivity contribution is 0.135. The van der Waals surface area contributed by atoms with Gasteiger partial charge < -0.3 is 10.5 Å². The van der Waals surface area contributed by atoms with E-state index in [1.165, 1.54) is 7.11 Å². The fraction of sp³-hybridized carbons (Fsp3) is 0.600. The van der Waals surface area contributed by atoms with Crippen LogP contribution < -0.4 is 5.73 Å². The van der Waals surface area contributed by atoms with Crippen LogP contribution in [-0.2, 0) is 14.8 Å². The Kier molecular flexibility index (Phi) is 7.28. The van der Waals surface area contributed by atoms with Gasteiger partial charge in [0, 0.05) is 26.1 Å². The molecule has 1 aliphatic rings. The Balaban J connectivity index is 0.00000242. The van der Waals surface area contributed by atoms with Gasteiger partial charge >= 0.3 is 0 Å². The number of sulfonamides is 1. The van der Waals surface area contributed by atoms with Crippen molar-refractivity contribution in [3.05, 3.63) is 35.9 Å². The molecular weight excluding hydrogens is 324 g/mol. The molecular formula is C15H25ClN2O3S. The number of nitrogens with two attached hydrogens (primary N) is 1. The van der Waals surface area contributed by atoms with Crippen LogP contribution in [-0.4, -0.2) is 51.3 Å². The van der Waals surface area contributed by atoms with Crippen molar-refractivity contribution in [1.82, 2.24) is 4.31 Å². The minimum Gasteiger partial charge on any atom is -0.381 e. The van der Waals surface area contributed by atoms with Crippen molar-refractivity contribution in [1.29, 1.82) is 0 Å². The minimum atomic E-state index is -3.30. The second-order valence-electron chi connectivity index (χ2n) is 5.65. The normalized spacial score (nSPS) is 24.0. The van der Waals surface area contributed by atoms with Crippen LogP contribution in [0.5, 0.6) is 0 Å². The molecule has 0 aliphatic carbocycles. The van der Waals surface area contributed by atoms with Gasteiger partial charge in [-0.3, -0.25) is 0 Å². The zero-order valence-corrected chi connectivity index (χ0v) is 14.6. The molecule has 22 heavy (non-hydrogen) atoms. The number of ether oxygens (including phenoxy) is 1. The molecule has 0 aromatic heterocycles. The monoisotopic (exact) mass is 348 g/mol. The third-order valence-electron chi connectivity index (χ3n) is 4.18. The molecule has 2 rings (SSSR count). The summed E-state index contributed by atoms with van der Waals surface area (Å²) in [4.78, 5) is 0. The highest BCUT2D eigenvalue weighted by Gasteiger charge is 2.38. The van der Waals surface area contributed by atoms with Crippen LogP contribution in [0.1, 0.15) is 18.4 Å². The van der Waals surface area contributed by atoms with Crippen LogP contribution in [0.4, 0.5) is 0 Å². The summed E-state index contributed by atoms with van der Waals surface area (Å²) in [5.74, 6) is 0.353. The summed E-state index contributed by atoms with van der Waals surface area (Å²) in [6.07, 6.45) is -0.304. The maximum Gasteiger partial charge on any atom is 0.216 e. The van der Waals surface area contributed by atoms with Crippen molar-refractivity contribution < 1.29 is 13.2 Å². The summed E-state index contributed by atoms with van der Waals surface area (Å²) in [6.45, 7) is 3.26. The Morgan fingerprint density at radius 1 is 1.32 bits per heavy atom. The maximum atomic E-state index is 12.4. The first-order valence-corrected chi connectivity index (χ1v) is 8.84. The van der Waals surface area contributed by atoms with Crippen molar-refractivity contribution in [3.63, 3.8) is 0 Å². The molecule has 126 valence electrons. The number of benzene rings is 1. The molecule has 1 fully saturated rings. The summed E-state index contributed by atoms with van der Waals surface area (Å²) in [7, 11) is -1.78. The van der Waals surface area contributed by atoms with Gasteiger partial charge in [0.1, 0.15) is 0 Å². The third kappa shape index (κ3) is 4.43. The van der Waals surface area contributed by atoms with Crippen LogP contribution in [0, 0.1) is 5.92 Å². The van der Waals surface area contributed by atoms with Gasteiger partial charge in [0.15, 0.2) is 0 Å². The molecule has 0 bridgehead atoms. The second kappa shape index (κ2) is 8.26. The fourth-order valence-corrected chi connectivity index (χ4v) is 4.59. The number of rotatable bonds is 6. The van der Waals surface area contributed by atoms with E-state index in [9.17, 15) is 8.42 Å². The Bertz CT molecular complexity index is 553. The van der Waals surface area contributed by atoms with Crippen LogP contribution in [0.25, 0.3) is 0 Å². The highest BCUT2D eigenvalue weighted by Crippen LogP contribution is 2.33. The standard InChI is InChI=1S/C15H24N2O3S.ClH/c1-12(20-2)11-21(18,19)17-9-14(8-16)15(10-17)13-6-4-3-5-7-13;/h3-7,12,14-15H,8-11,16H2,1-2H3;1H/t12?,14-,15+;/m1./s1. The highest BCUT2D eigenvalue weighted by molar-refractivity contribution is 7.89. The number of nitrogens with zero attached hydrogens (tertiary/aromatic N) is 1. The number of hydrogen-bond acceptors (Lipinski definition) is 4. The second-order valence-corrected chi connectivity index (χ2v) is 7.67. The van der Waals surface area contributed by atoms with Crippen LogP contribution in [0.3, 0.4) is 0 Å². The van der Waals surface area contributed by atoms with E-state index in [1.807, 2.05) is 30.3 Å². The van der Waals surface area contributed by atoms with Gasteiger partial charge in [0.05, 0.1) is 11.9 Å². The maximum absolute atomic E-state index is 12.4. The van der Waals surface area contributed by atoms with Gasteiger partial charge in [-0.15, -0.1) is 12.4 Å². The minimum absolute atomic E-state index is 0. The first-order valence-electron chi connectivity index (χ1n) is 7.23. The van der Waals surface area contributed by atoms with Gasteiger partial charge in [-0.25, -0.2) is 12.7 Å². The van der Waals surface area contributed by atoms with Gasteiger partial charge in [0.25, 0.3) is 0 Å². The highest BCUT2D eigenvalue weighted by atomic mass is 35.5. The molecule has 5 nitrogen and oxygen atoms in total. The van der Waals surface area contributed by atoms with Crippen molar-refractivity contribution in [3.8, 4) is 0 Å². The van der Waals surface area contributed by atoms with Crippen molar-refractivity contribution in [2.45, 2.75) is 18.9 Å². The topological polar surface area (TPSA) is 72.6 Å². The lowest BCUT2D eigenvalue weighted by Gasteiger charge is -2.19. The van der Waals surface area contributed by atoms with Crippen molar-refractivity contribution in [2.24, 2.45) is 11.7 Å². The van der Waals surface area contributed by atoms with E-state index >= 15 is 0 Å². The predicted octanol–water partition coefficient (Wildman–Crippen LogP) is 1.45. The Labute approximate surface area is 139 Å². The predicted molar refractivity (Wildman–Crippen MR) is 90.8 cm³/mol. The number of methoxy groups -OCH3 is 1. The van der Waals surface area contributed by atoms with Gasteiger partial charge in [-0.1, -0.05) is 30.3 Å². The lowest BCUT2D eigenvalue weighted by Crippen LogP contribution is -2.35. The molecule has 3 atom stereocenters. The number of halogens is 1. The van der Waals surface area contributed by atoms with E-state index < -0.39 is 10.0 Å². The quantitative estimate of drug-likeness (QED) is 0.844. The largest absolute Gasteiger partial charge is 0.381 e. The van der Waals surface area contributed by atoms with Crippen LogP contribution in [0.15, 0.2) is 30.3 Å². The summed E-state index contributed by atoms with van der Waals surface area (Å²) >= 11 is 0. The molecule has 1 saturated heterocycles. The molecule has 0 amide bonds. The average molecular weight is 349 g/mol. The van der Waals surface area contributed by atoms with Crippen molar-refractivity contribution in [2.75, 3.05) is 32.5 Å². The molecule has 0 radical (unpaired) electrons. The number of hydrogen-bond donors (Lipinski definition) is 1. The molecule has 0 saturated carbocycles. The average Bonchev–Trinajstić information content (AvgIpc) is 2.92. The Morgan fingerprint density at radius 3 is 2.50 bits per heavy atom. The molecule has 2 N–H and O–H groups in total. The zero-order chi connectivity index (χ0) is 15.5. The van der Waals surface area contributed by atoms with E-state index in [-0.39, 0.29) is 36.1 Å². The van der Waals surface area contributed by atoms with E-state index in [0.717, 1.165) is 5.56 Å². The summed E-state index contributed by atoms with van der Waals surface area (Å²) < 4.78 is 31.5. The van der Waals surface area contributed by atoms with Crippen LogP contribution in [0.2, 0.25) is 0 Å². The van der Waals surface area contributed by atoms with Gasteiger partial charge in [0.2, 0.25) is 10.0 Å². The Morgan fingerprint density at radius 2 is 1.95 bits per heavy atom. The fourth-order valence-electron chi connectivity index (χ4n) is 2.85. The molecule has 1 unspecified atom stereocenters. The van der Waals surface area contributed by atoms with Gasteiger partial charge in [-0.05, 0) is 24.9 Å². The lowest BCUT2D eigenvalue weighted by atomic mass is 9.89. The van der Waals surface area contributed by atoms with E-state index in [4.69, 9.17) is 10.5 Å². The molecule has 1 aromatic rings. The zero-order valence-electron chi connectivity index (χ0n) is 13.0.